The topological polar surface area (TPSA) is 82.7 Å². The lowest BCUT2D eigenvalue weighted by molar-refractivity contribution is 0.0951. The smallest absolute Gasteiger partial charge is 0.253 e. The minimum absolute atomic E-state index is 0.124. The second-order valence-corrected chi connectivity index (χ2v) is 9.21. The van der Waals surface area contributed by atoms with E-state index < -0.39 is 0 Å². The summed E-state index contributed by atoms with van der Waals surface area (Å²) in [6.07, 6.45) is 5.65. The molecule has 0 saturated carbocycles. The maximum atomic E-state index is 13.0. The molecule has 6 heteroatoms. The number of para-hydroxylation sites is 1. The van der Waals surface area contributed by atoms with Crippen LogP contribution in [0.3, 0.4) is 0 Å². The first kappa shape index (κ1) is 24.0. The molecule has 0 saturated heterocycles. The van der Waals surface area contributed by atoms with Crippen LogP contribution in [-0.2, 0) is 6.54 Å². The van der Waals surface area contributed by atoms with Crippen molar-refractivity contribution in [3.8, 4) is 0 Å². The molecule has 3 N–H and O–H groups in total. The molecule has 0 aliphatic heterocycles. The molecule has 184 valence electrons. The van der Waals surface area contributed by atoms with Crippen molar-refractivity contribution in [3.63, 3.8) is 0 Å². The van der Waals surface area contributed by atoms with Gasteiger partial charge in [0, 0.05) is 23.8 Å². The van der Waals surface area contributed by atoms with Crippen LogP contribution in [0.4, 0.5) is 11.4 Å². The number of nitrogens with one attached hydrogen (secondary N) is 3. The third-order valence-corrected chi connectivity index (χ3v) is 6.24. The standard InChI is InChI=1S/C31H29N5O/c1-21(2)23-12-10-22(11-13-23)20-33-31(37)27-8-3-4-9-28(27)34-25-14-16-26-29(35-36-30(26)19-25)17-15-24-7-5-6-18-32-24/h3-19,21,34H,20H2,1-2H3,(H,33,37)(H,35,36)/b17-15+. The Bertz CT molecular complexity index is 1540. The van der Waals surface area contributed by atoms with Crippen LogP contribution in [0.2, 0.25) is 0 Å². The van der Waals surface area contributed by atoms with Crippen molar-refractivity contribution in [3.05, 3.63) is 119 Å². The van der Waals surface area contributed by atoms with Gasteiger partial charge in [0.2, 0.25) is 0 Å². The molecule has 0 spiro atoms. The van der Waals surface area contributed by atoms with Crippen molar-refractivity contribution in [2.75, 3.05) is 5.32 Å². The van der Waals surface area contributed by atoms with Crippen LogP contribution in [-0.4, -0.2) is 21.1 Å². The number of fused-ring (bicyclic) bond motifs is 1. The van der Waals surface area contributed by atoms with E-state index in [1.165, 1.54) is 5.56 Å². The quantitative estimate of drug-likeness (QED) is 0.222. The van der Waals surface area contributed by atoms with Gasteiger partial charge < -0.3 is 10.6 Å². The largest absolute Gasteiger partial charge is 0.355 e. The predicted octanol–water partition coefficient (Wildman–Crippen LogP) is 6.93. The van der Waals surface area contributed by atoms with Gasteiger partial charge in [0.1, 0.15) is 0 Å². The Morgan fingerprint density at radius 3 is 2.54 bits per heavy atom. The minimum Gasteiger partial charge on any atom is -0.355 e. The lowest BCUT2D eigenvalue weighted by atomic mass is 10.0. The molecule has 0 atom stereocenters. The molecule has 0 unspecified atom stereocenters. The van der Waals surface area contributed by atoms with Crippen molar-refractivity contribution in [1.82, 2.24) is 20.5 Å². The SMILES string of the molecule is CC(C)c1ccc(CNC(=O)c2ccccc2Nc2ccc3c(/C=C/c4ccccn4)n[nH]c3c2)cc1. The van der Waals surface area contributed by atoms with E-state index in [9.17, 15) is 4.79 Å². The van der Waals surface area contributed by atoms with E-state index in [0.29, 0.717) is 18.0 Å². The molecule has 3 aromatic carbocycles. The molecule has 2 aromatic heterocycles. The predicted molar refractivity (Wildman–Crippen MR) is 151 cm³/mol. The second kappa shape index (κ2) is 10.9. The summed E-state index contributed by atoms with van der Waals surface area (Å²) >= 11 is 0. The van der Waals surface area contributed by atoms with Crippen molar-refractivity contribution in [2.24, 2.45) is 0 Å². The molecule has 5 aromatic rings. The normalized spacial score (nSPS) is 11.3. The number of hydrogen-bond donors (Lipinski definition) is 3. The minimum atomic E-state index is -0.124. The highest BCUT2D eigenvalue weighted by Crippen LogP contribution is 2.26. The average molecular weight is 488 g/mol. The number of aromatic nitrogens is 3. The molecule has 0 aliphatic rings. The van der Waals surface area contributed by atoms with Gasteiger partial charge in [-0.15, -0.1) is 0 Å². The number of aromatic amines is 1. The number of rotatable bonds is 8. The number of amides is 1. The highest BCUT2D eigenvalue weighted by molar-refractivity contribution is 6.00. The van der Waals surface area contributed by atoms with Crippen molar-refractivity contribution < 1.29 is 4.79 Å². The van der Waals surface area contributed by atoms with E-state index in [4.69, 9.17) is 0 Å². The number of carbonyl (C=O) groups excluding carboxylic acids is 1. The Morgan fingerprint density at radius 2 is 1.76 bits per heavy atom. The fourth-order valence-corrected chi connectivity index (χ4v) is 4.13. The highest BCUT2D eigenvalue weighted by atomic mass is 16.1. The van der Waals surface area contributed by atoms with Crippen LogP contribution in [0.25, 0.3) is 23.1 Å². The molecule has 5 rings (SSSR count). The fourth-order valence-electron chi connectivity index (χ4n) is 4.13. The number of H-pyrrole nitrogens is 1. The molecular weight excluding hydrogens is 458 g/mol. The van der Waals surface area contributed by atoms with Crippen LogP contribution in [0.5, 0.6) is 0 Å². The van der Waals surface area contributed by atoms with Gasteiger partial charge in [-0.05, 0) is 71.7 Å². The maximum absolute atomic E-state index is 13.0. The van der Waals surface area contributed by atoms with Crippen LogP contribution in [0.15, 0.2) is 91.1 Å². The monoisotopic (exact) mass is 487 g/mol. The molecule has 0 aliphatic carbocycles. The molecule has 2 heterocycles. The molecular formula is C31H29N5O. The number of benzene rings is 3. The first-order chi connectivity index (χ1) is 18.1. The zero-order valence-corrected chi connectivity index (χ0v) is 20.9. The second-order valence-electron chi connectivity index (χ2n) is 9.21. The zero-order chi connectivity index (χ0) is 25.6. The Labute approximate surface area is 216 Å². The lowest BCUT2D eigenvalue weighted by Gasteiger charge is -2.13. The van der Waals surface area contributed by atoms with Crippen molar-refractivity contribution >= 4 is 40.3 Å². The third kappa shape index (κ3) is 5.76. The Morgan fingerprint density at radius 1 is 0.946 bits per heavy atom. The average Bonchev–Trinajstić information content (AvgIpc) is 3.34. The summed E-state index contributed by atoms with van der Waals surface area (Å²) in [6.45, 7) is 4.81. The van der Waals surface area contributed by atoms with E-state index in [2.05, 4.69) is 63.9 Å². The van der Waals surface area contributed by atoms with Crippen molar-refractivity contribution in [2.45, 2.75) is 26.3 Å². The summed E-state index contributed by atoms with van der Waals surface area (Å²) in [4.78, 5) is 17.3. The van der Waals surface area contributed by atoms with Crippen LogP contribution in [0, 0.1) is 0 Å². The molecule has 0 bridgehead atoms. The number of pyridine rings is 1. The van der Waals surface area contributed by atoms with E-state index >= 15 is 0 Å². The number of anilines is 2. The fraction of sp³-hybridized carbons (Fsp3) is 0.129. The summed E-state index contributed by atoms with van der Waals surface area (Å²) in [5.74, 6) is 0.359. The Hall–Kier alpha value is -4.71. The van der Waals surface area contributed by atoms with Crippen LogP contribution >= 0.6 is 0 Å². The van der Waals surface area contributed by atoms with Crippen molar-refractivity contribution in [1.29, 1.82) is 0 Å². The molecule has 0 fully saturated rings. The van der Waals surface area contributed by atoms with Gasteiger partial charge in [-0.25, -0.2) is 0 Å². The summed E-state index contributed by atoms with van der Waals surface area (Å²) in [7, 11) is 0. The van der Waals surface area contributed by atoms with E-state index in [1.54, 1.807) is 6.20 Å². The van der Waals surface area contributed by atoms with Crippen LogP contribution < -0.4 is 10.6 Å². The van der Waals surface area contributed by atoms with Gasteiger partial charge >= 0.3 is 0 Å². The van der Waals surface area contributed by atoms with E-state index in [0.717, 1.165) is 39.2 Å². The maximum Gasteiger partial charge on any atom is 0.253 e. The zero-order valence-electron chi connectivity index (χ0n) is 20.9. The number of nitrogens with zero attached hydrogens (tertiary/aromatic N) is 2. The van der Waals surface area contributed by atoms with Gasteiger partial charge in [0.15, 0.2) is 0 Å². The van der Waals surface area contributed by atoms with E-state index in [-0.39, 0.29) is 5.91 Å². The lowest BCUT2D eigenvalue weighted by Crippen LogP contribution is -2.23. The Kier molecular flexibility index (Phi) is 7.08. The van der Waals surface area contributed by atoms with Gasteiger partial charge in [0.25, 0.3) is 5.91 Å². The highest BCUT2D eigenvalue weighted by Gasteiger charge is 2.12. The van der Waals surface area contributed by atoms with E-state index in [1.807, 2.05) is 72.8 Å². The molecule has 37 heavy (non-hydrogen) atoms. The van der Waals surface area contributed by atoms with Gasteiger partial charge in [-0.1, -0.05) is 56.3 Å². The molecule has 1 amide bonds. The van der Waals surface area contributed by atoms with Gasteiger partial charge in [0.05, 0.1) is 28.2 Å². The molecule has 6 nitrogen and oxygen atoms in total. The first-order valence-electron chi connectivity index (χ1n) is 12.4. The number of carbonyl (C=O) groups is 1. The third-order valence-electron chi connectivity index (χ3n) is 6.24. The molecule has 0 radical (unpaired) electrons. The number of hydrogen-bond acceptors (Lipinski definition) is 4. The van der Waals surface area contributed by atoms with Gasteiger partial charge in [-0.3, -0.25) is 14.9 Å². The Balaban J connectivity index is 1.29. The van der Waals surface area contributed by atoms with Crippen LogP contribution in [0.1, 0.15) is 52.6 Å². The summed E-state index contributed by atoms with van der Waals surface area (Å²) in [5.41, 5.74) is 7.16. The summed E-state index contributed by atoms with van der Waals surface area (Å²) < 4.78 is 0. The van der Waals surface area contributed by atoms with Gasteiger partial charge in [-0.2, -0.15) is 5.10 Å². The summed E-state index contributed by atoms with van der Waals surface area (Å²) in [6, 6.07) is 27.7. The first-order valence-corrected chi connectivity index (χ1v) is 12.4. The summed E-state index contributed by atoms with van der Waals surface area (Å²) in [5, 5.41) is 15.0.